The number of nitrogens with zero attached hydrogens (tertiary/aromatic N) is 1. The van der Waals surface area contributed by atoms with Gasteiger partial charge in [0.05, 0.1) is 11.6 Å². The fraction of sp³-hybridized carbons (Fsp3) is 0.100. The van der Waals surface area contributed by atoms with E-state index in [-0.39, 0.29) is 0 Å². The Labute approximate surface area is 66.6 Å². The van der Waals surface area contributed by atoms with Gasteiger partial charge in [-0.15, -0.1) is 0 Å². The van der Waals surface area contributed by atoms with Crippen molar-refractivity contribution >= 4 is 0 Å². The molecule has 0 atom stereocenters. The summed E-state index contributed by atoms with van der Waals surface area (Å²) in [6, 6.07) is 7.65. The maximum atomic E-state index is 8.62. The molecule has 0 unspecified atom stereocenters. The van der Waals surface area contributed by atoms with Crippen molar-refractivity contribution in [2.45, 2.75) is 6.92 Å². The van der Waals surface area contributed by atoms with Gasteiger partial charge in [-0.05, 0) is 24.6 Å². The third-order valence-electron chi connectivity index (χ3n) is 1.49. The molecule has 0 amide bonds. The van der Waals surface area contributed by atoms with Crippen molar-refractivity contribution in [3.05, 3.63) is 47.5 Å². The van der Waals surface area contributed by atoms with Crippen molar-refractivity contribution < 1.29 is 0 Å². The van der Waals surface area contributed by atoms with Crippen LogP contribution in [0.25, 0.3) is 0 Å². The summed E-state index contributed by atoms with van der Waals surface area (Å²) in [5, 5.41) is 8.62. The van der Waals surface area contributed by atoms with Gasteiger partial charge in [0, 0.05) is 0 Å². The number of benzene rings is 1. The molecule has 1 aromatic rings. The first-order valence-corrected chi connectivity index (χ1v) is 3.32. The molecule has 11 heavy (non-hydrogen) atoms. The Balaban J connectivity index is 3.30. The molecule has 0 spiro atoms. The first-order valence-electron chi connectivity index (χ1n) is 3.32. The van der Waals surface area contributed by atoms with Crippen LogP contribution in [0.3, 0.4) is 0 Å². The van der Waals surface area contributed by atoms with Crippen LogP contribution in [0.15, 0.2) is 24.8 Å². The summed E-state index contributed by atoms with van der Waals surface area (Å²) < 4.78 is 0. The minimum Gasteiger partial charge on any atom is -0.192 e. The Morgan fingerprint density at radius 2 is 2.09 bits per heavy atom. The quantitative estimate of drug-likeness (QED) is 0.589. The van der Waals surface area contributed by atoms with Crippen LogP contribution in [0.4, 0.5) is 0 Å². The monoisotopic (exact) mass is 142 g/mol. The summed E-state index contributed by atoms with van der Waals surface area (Å²) in [4.78, 5) is 0. The van der Waals surface area contributed by atoms with E-state index in [0.29, 0.717) is 5.56 Å². The summed E-state index contributed by atoms with van der Waals surface area (Å²) in [5.41, 5.74) is 2.54. The predicted octanol–water partition coefficient (Wildman–Crippen LogP) is 2.20. The molecule has 0 heterocycles. The van der Waals surface area contributed by atoms with E-state index in [2.05, 4.69) is 18.7 Å². The molecule has 1 aromatic carbocycles. The molecular weight excluding hydrogens is 134 g/mol. The van der Waals surface area contributed by atoms with E-state index in [1.54, 1.807) is 6.07 Å². The van der Waals surface area contributed by atoms with Gasteiger partial charge in [0.25, 0.3) is 0 Å². The third-order valence-corrected chi connectivity index (χ3v) is 1.49. The predicted molar refractivity (Wildman–Crippen MR) is 43.9 cm³/mol. The molecule has 0 fully saturated rings. The Morgan fingerprint density at radius 3 is 2.64 bits per heavy atom. The largest absolute Gasteiger partial charge is 0.192 e. The van der Waals surface area contributed by atoms with Gasteiger partial charge in [-0.1, -0.05) is 24.3 Å². The zero-order valence-electron chi connectivity index (χ0n) is 6.39. The number of nitriles is 1. The van der Waals surface area contributed by atoms with E-state index in [0.717, 1.165) is 11.1 Å². The molecule has 0 aliphatic carbocycles. The van der Waals surface area contributed by atoms with Crippen LogP contribution in [-0.4, -0.2) is 0 Å². The molecule has 0 aliphatic heterocycles. The molecule has 0 aliphatic rings. The Morgan fingerprint density at radius 1 is 1.36 bits per heavy atom. The van der Waals surface area contributed by atoms with Gasteiger partial charge in [-0.2, -0.15) is 5.26 Å². The van der Waals surface area contributed by atoms with Crippen LogP contribution in [0, 0.1) is 24.3 Å². The highest BCUT2D eigenvalue weighted by Gasteiger charge is 1.96. The van der Waals surface area contributed by atoms with Crippen LogP contribution in [-0.2, 0) is 0 Å². The molecule has 1 heteroatoms. The maximum absolute atomic E-state index is 8.62. The van der Waals surface area contributed by atoms with Gasteiger partial charge in [-0.3, -0.25) is 0 Å². The minimum atomic E-state index is 0.630. The summed E-state index contributed by atoms with van der Waals surface area (Å²) >= 11 is 0. The normalized spacial score (nSPS) is 8.73. The van der Waals surface area contributed by atoms with E-state index in [4.69, 9.17) is 5.26 Å². The first kappa shape index (κ1) is 7.56. The SMILES string of the molecule is C=[C]c1cc(C)ccc1C#N. The Bertz CT molecular complexity index is 318. The molecule has 0 aromatic heterocycles. The fourth-order valence-electron chi connectivity index (χ4n) is 0.902. The van der Waals surface area contributed by atoms with Crippen LogP contribution in [0.5, 0.6) is 0 Å². The van der Waals surface area contributed by atoms with Crippen molar-refractivity contribution in [2.24, 2.45) is 0 Å². The molecule has 1 nitrogen and oxygen atoms in total. The summed E-state index contributed by atoms with van der Waals surface area (Å²) in [6.07, 6.45) is 2.71. The van der Waals surface area contributed by atoms with Crippen LogP contribution < -0.4 is 0 Å². The number of hydrogen-bond acceptors (Lipinski definition) is 1. The molecular formula is C10H8N. The van der Waals surface area contributed by atoms with Crippen LogP contribution in [0.2, 0.25) is 0 Å². The van der Waals surface area contributed by atoms with Crippen molar-refractivity contribution in [1.29, 1.82) is 5.26 Å². The van der Waals surface area contributed by atoms with Gasteiger partial charge in [0.1, 0.15) is 0 Å². The standard InChI is InChI=1S/C10H8N/c1-3-9-6-8(2)4-5-10(9)7-11/h4-6H,1H2,2H3. The van der Waals surface area contributed by atoms with Gasteiger partial charge >= 0.3 is 0 Å². The fourth-order valence-corrected chi connectivity index (χ4v) is 0.902. The molecule has 0 N–H and O–H groups in total. The maximum Gasteiger partial charge on any atom is 0.0998 e. The van der Waals surface area contributed by atoms with Gasteiger partial charge in [0.2, 0.25) is 0 Å². The second-order valence-electron chi connectivity index (χ2n) is 2.34. The first-order chi connectivity index (χ1) is 5.27. The molecule has 1 rings (SSSR count). The molecule has 0 saturated heterocycles. The van der Waals surface area contributed by atoms with Crippen molar-refractivity contribution in [2.75, 3.05) is 0 Å². The lowest BCUT2D eigenvalue weighted by molar-refractivity contribution is 1.39. The van der Waals surface area contributed by atoms with Crippen LogP contribution in [0.1, 0.15) is 16.7 Å². The minimum absolute atomic E-state index is 0.630. The van der Waals surface area contributed by atoms with E-state index in [1.807, 2.05) is 19.1 Å². The zero-order chi connectivity index (χ0) is 8.27. The van der Waals surface area contributed by atoms with Crippen molar-refractivity contribution in [3.8, 4) is 6.07 Å². The van der Waals surface area contributed by atoms with Gasteiger partial charge in [-0.25, -0.2) is 0 Å². The number of rotatable bonds is 1. The molecule has 1 radical (unpaired) electrons. The summed E-state index contributed by atoms with van der Waals surface area (Å²) in [5.74, 6) is 0. The average Bonchev–Trinajstić information content (AvgIpc) is 2.04. The lowest BCUT2D eigenvalue weighted by atomic mass is 10.1. The highest BCUT2D eigenvalue weighted by Crippen LogP contribution is 2.09. The van der Waals surface area contributed by atoms with E-state index in [9.17, 15) is 0 Å². The smallest absolute Gasteiger partial charge is 0.0998 e. The van der Waals surface area contributed by atoms with Crippen molar-refractivity contribution in [1.82, 2.24) is 0 Å². The molecule has 0 saturated carbocycles. The third kappa shape index (κ3) is 1.47. The highest BCUT2D eigenvalue weighted by atomic mass is 14.2. The lowest BCUT2D eigenvalue weighted by Gasteiger charge is -1.96. The Kier molecular flexibility index (Phi) is 2.08. The summed E-state index contributed by atoms with van der Waals surface area (Å²) in [6.45, 7) is 5.48. The van der Waals surface area contributed by atoms with E-state index in [1.165, 1.54) is 0 Å². The van der Waals surface area contributed by atoms with Crippen molar-refractivity contribution in [3.63, 3.8) is 0 Å². The Hall–Kier alpha value is -1.55. The van der Waals surface area contributed by atoms with Crippen LogP contribution >= 0.6 is 0 Å². The zero-order valence-corrected chi connectivity index (χ0v) is 6.39. The number of aryl methyl sites for hydroxylation is 1. The highest BCUT2D eigenvalue weighted by molar-refractivity contribution is 5.42. The topological polar surface area (TPSA) is 23.8 Å². The molecule has 53 valence electrons. The lowest BCUT2D eigenvalue weighted by Crippen LogP contribution is -1.83. The summed E-state index contributed by atoms with van der Waals surface area (Å²) in [7, 11) is 0. The second-order valence-corrected chi connectivity index (χ2v) is 2.34. The number of hydrogen-bond donors (Lipinski definition) is 0. The second kappa shape index (κ2) is 3.03. The van der Waals surface area contributed by atoms with Gasteiger partial charge < -0.3 is 0 Å². The van der Waals surface area contributed by atoms with E-state index >= 15 is 0 Å². The van der Waals surface area contributed by atoms with E-state index < -0.39 is 0 Å². The molecule has 0 bridgehead atoms. The average molecular weight is 142 g/mol. The van der Waals surface area contributed by atoms with Gasteiger partial charge in [0.15, 0.2) is 0 Å².